The second-order valence-electron chi connectivity index (χ2n) is 4.74. The Morgan fingerprint density at radius 1 is 1.14 bits per heavy atom. The average Bonchev–Trinajstić information content (AvgIpc) is 2.78. The van der Waals surface area contributed by atoms with Gasteiger partial charge in [-0.3, -0.25) is 4.79 Å². The molecule has 2 aromatic rings. The highest BCUT2D eigenvalue weighted by molar-refractivity contribution is 9.10. The van der Waals surface area contributed by atoms with Crippen LogP contribution in [0, 0.1) is 17.5 Å². The minimum atomic E-state index is -1.31. The molecule has 21 heavy (non-hydrogen) atoms. The fourth-order valence-electron chi connectivity index (χ4n) is 1.86. The third kappa shape index (κ3) is 3.29. The molecule has 0 spiro atoms. The lowest BCUT2D eigenvalue weighted by atomic mass is 10.2. The largest absolute Gasteiger partial charge is 0.340 e. The van der Waals surface area contributed by atoms with E-state index in [-0.39, 0.29) is 11.7 Å². The number of hydrogen-bond donors (Lipinski definition) is 1. The van der Waals surface area contributed by atoms with E-state index in [9.17, 15) is 18.0 Å². The van der Waals surface area contributed by atoms with Gasteiger partial charge in [0.25, 0.3) is 5.91 Å². The number of aromatic nitrogens is 1. The second-order valence-corrected chi connectivity index (χ2v) is 5.66. The van der Waals surface area contributed by atoms with Crippen molar-refractivity contribution in [2.24, 2.45) is 0 Å². The molecule has 0 aliphatic carbocycles. The maximum absolute atomic E-state index is 13.5. The number of amides is 1. The van der Waals surface area contributed by atoms with Crippen molar-refractivity contribution in [3.8, 4) is 0 Å². The van der Waals surface area contributed by atoms with Gasteiger partial charge in [-0.1, -0.05) is 0 Å². The summed E-state index contributed by atoms with van der Waals surface area (Å²) in [5.41, 5.74) is -0.132. The summed E-state index contributed by atoms with van der Waals surface area (Å²) in [6.07, 6.45) is 1.71. The fraction of sp³-hybridized carbons (Fsp3) is 0.214. The maximum atomic E-state index is 13.5. The van der Waals surface area contributed by atoms with Gasteiger partial charge in [0.2, 0.25) is 0 Å². The summed E-state index contributed by atoms with van der Waals surface area (Å²) in [6, 6.07) is 2.57. The van der Waals surface area contributed by atoms with E-state index in [2.05, 4.69) is 21.2 Å². The molecule has 0 fully saturated rings. The molecular weight excluding hydrogens is 349 g/mol. The first-order valence-electron chi connectivity index (χ1n) is 6.13. The van der Waals surface area contributed by atoms with Crippen LogP contribution < -0.4 is 5.32 Å². The highest BCUT2D eigenvalue weighted by Crippen LogP contribution is 2.22. The zero-order valence-corrected chi connectivity index (χ0v) is 12.8. The van der Waals surface area contributed by atoms with Crippen LogP contribution in [0.1, 0.15) is 30.4 Å². The number of carbonyl (C=O) groups excluding carboxylic acids is 1. The molecule has 0 aliphatic heterocycles. The summed E-state index contributed by atoms with van der Waals surface area (Å²) in [4.78, 5) is 12.2. The van der Waals surface area contributed by atoms with Crippen molar-refractivity contribution < 1.29 is 18.0 Å². The van der Waals surface area contributed by atoms with Gasteiger partial charge in [-0.25, -0.2) is 13.2 Å². The number of halogens is 4. The topological polar surface area (TPSA) is 34.0 Å². The molecule has 2 rings (SSSR count). The van der Waals surface area contributed by atoms with Crippen LogP contribution in [0.25, 0.3) is 0 Å². The first kappa shape index (κ1) is 15.6. The average molecular weight is 361 g/mol. The first-order chi connectivity index (χ1) is 9.79. The van der Waals surface area contributed by atoms with Crippen molar-refractivity contribution in [2.45, 2.75) is 19.9 Å². The molecule has 0 radical (unpaired) electrons. The molecule has 1 aromatic carbocycles. The molecule has 0 aliphatic rings. The van der Waals surface area contributed by atoms with Gasteiger partial charge in [0, 0.05) is 28.8 Å². The number of benzene rings is 1. The summed E-state index contributed by atoms with van der Waals surface area (Å²) in [5.74, 6) is -4.19. The van der Waals surface area contributed by atoms with Gasteiger partial charge in [-0.05, 0) is 35.8 Å². The number of anilines is 1. The normalized spacial score (nSPS) is 11.0. The Labute approximate surface area is 127 Å². The molecule has 0 saturated heterocycles. The molecule has 0 atom stereocenters. The van der Waals surface area contributed by atoms with E-state index < -0.39 is 29.0 Å². The Hall–Kier alpha value is -1.76. The van der Waals surface area contributed by atoms with Crippen LogP contribution in [0.4, 0.5) is 18.9 Å². The lowest BCUT2D eigenvalue weighted by Crippen LogP contribution is -2.18. The molecular formula is C14H12BrF3N2O. The van der Waals surface area contributed by atoms with Crippen LogP contribution in [-0.2, 0) is 0 Å². The first-order valence-corrected chi connectivity index (χ1v) is 6.92. The Balaban J connectivity index is 2.33. The van der Waals surface area contributed by atoms with Gasteiger partial charge in [0.05, 0.1) is 5.69 Å². The Morgan fingerprint density at radius 3 is 2.38 bits per heavy atom. The van der Waals surface area contributed by atoms with Crippen molar-refractivity contribution in [1.82, 2.24) is 4.57 Å². The maximum Gasteiger partial charge on any atom is 0.272 e. The van der Waals surface area contributed by atoms with Crippen LogP contribution in [0.5, 0.6) is 0 Å². The summed E-state index contributed by atoms with van der Waals surface area (Å²) >= 11 is 3.26. The standard InChI is InChI=1S/C14H12BrF3N2O/c1-7(2)20-6-8(15)3-13(20)14(21)19-12-5-10(17)9(16)4-11(12)18/h3-7H,1-2H3,(H,19,21). The molecule has 1 aromatic heterocycles. The lowest BCUT2D eigenvalue weighted by Gasteiger charge is -2.13. The van der Waals surface area contributed by atoms with Gasteiger partial charge in [0.1, 0.15) is 11.5 Å². The fourth-order valence-corrected chi connectivity index (χ4v) is 2.30. The van der Waals surface area contributed by atoms with Gasteiger partial charge in [0.15, 0.2) is 11.6 Å². The Morgan fingerprint density at radius 2 is 1.76 bits per heavy atom. The third-order valence-electron chi connectivity index (χ3n) is 2.86. The van der Waals surface area contributed by atoms with Crippen LogP contribution in [0.3, 0.4) is 0 Å². The van der Waals surface area contributed by atoms with Crippen LogP contribution in [-0.4, -0.2) is 10.5 Å². The van der Waals surface area contributed by atoms with E-state index in [0.717, 1.165) is 0 Å². The van der Waals surface area contributed by atoms with Crippen molar-refractivity contribution in [2.75, 3.05) is 5.32 Å². The molecule has 1 heterocycles. The van der Waals surface area contributed by atoms with Crippen LogP contribution in [0.2, 0.25) is 0 Å². The van der Waals surface area contributed by atoms with Gasteiger partial charge >= 0.3 is 0 Å². The summed E-state index contributed by atoms with van der Waals surface area (Å²) in [5, 5.41) is 2.24. The molecule has 1 N–H and O–H groups in total. The molecule has 3 nitrogen and oxygen atoms in total. The van der Waals surface area contributed by atoms with E-state index >= 15 is 0 Å². The molecule has 0 unspecified atom stereocenters. The Bertz CT molecular complexity index is 698. The molecule has 7 heteroatoms. The molecule has 0 bridgehead atoms. The molecule has 1 amide bonds. The SMILES string of the molecule is CC(C)n1cc(Br)cc1C(=O)Nc1cc(F)c(F)cc1F. The van der Waals surface area contributed by atoms with Crippen molar-refractivity contribution >= 4 is 27.5 Å². The Kier molecular flexibility index (Phi) is 4.41. The highest BCUT2D eigenvalue weighted by atomic mass is 79.9. The quantitative estimate of drug-likeness (QED) is 0.803. The van der Waals surface area contributed by atoms with Crippen molar-refractivity contribution in [3.63, 3.8) is 0 Å². The highest BCUT2D eigenvalue weighted by Gasteiger charge is 2.18. The van der Waals surface area contributed by atoms with Crippen molar-refractivity contribution in [1.29, 1.82) is 0 Å². The van der Waals surface area contributed by atoms with E-state index in [4.69, 9.17) is 0 Å². The predicted molar refractivity (Wildman–Crippen MR) is 76.8 cm³/mol. The van der Waals surface area contributed by atoms with E-state index in [1.54, 1.807) is 16.8 Å². The van der Waals surface area contributed by atoms with Gasteiger partial charge in [-0.2, -0.15) is 0 Å². The predicted octanol–water partition coefficient (Wildman–Crippen LogP) is 4.50. The number of rotatable bonds is 3. The van der Waals surface area contributed by atoms with Crippen LogP contribution >= 0.6 is 15.9 Å². The van der Waals surface area contributed by atoms with E-state index in [1.165, 1.54) is 0 Å². The van der Waals surface area contributed by atoms with E-state index in [0.29, 0.717) is 16.6 Å². The van der Waals surface area contributed by atoms with Gasteiger partial charge in [-0.15, -0.1) is 0 Å². The van der Waals surface area contributed by atoms with Crippen molar-refractivity contribution in [3.05, 3.63) is 52.0 Å². The number of carbonyl (C=O) groups is 1. The second kappa shape index (κ2) is 5.93. The van der Waals surface area contributed by atoms with E-state index in [1.807, 2.05) is 13.8 Å². The monoisotopic (exact) mass is 360 g/mol. The summed E-state index contributed by atoms with van der Waals surface area (Å²) in [7, 11) is 0. The number of hydrogen-bond acceptors (Lipinski definition) is 1. The smallest absolute Gasteiger partial charge is 0.272 e. The molecule has 0 saturated carbocycles. The third-order valence-corrected chi connectivity index (χ3v) is 3.30. The zero-order valence-electron chi connectivity index (χ0n) is 11.3. The lowest BCUT2D eigenvalue weighted by molar-refractivity contribution is 0.101. The molecule has 112 valence electrons. The number of nitrogens with one attached hydrogen (secondary N) is 1. The van der Waals surface area contributed by atoms with Gasteiger partial charge < -0.3 is 9.88 Å². The summed E-state index contributed by atoms with van der Waals surface area (Å²) < 4.78 is 41.9. The minimum Gasteiger partial charge on any atom is -0.340 e. The number of nitrogens with zero attached hydrogens (tertiary/aromatic N) is 1. The zero-order chi connectivity index (χ0) is 15.7. The summed E-state index contributed by atoms with van der Waals surface area (Å²) in [6.45, 7) is 3.75. The van der Waals surface area contributed by atoms with Crippen LogP contribution in [0.15, 0.2) is 28.9 Å². The minimum absolute atomic E-state index is 0.00634.